The molecule has 1 aromatic rings. The Bertz CT molecular complexity index is 411. The number of aromatic nitrogens is 1. The molecule has 0 aliphatic heterocycles. The number of amidine groups is 1. The molecule has 1 rings (SSSR count). The molecule has 0 spiro atoms. The Morgan fingerprint density at radius 3 is 2.82 bits per heavy atom. The molecule has 0 unspecified atom stereocenters. The Hall–Kier alpha value is -1.92. The number of oxime groups is 1. The second-order valence-electron chi connectivity index (χ2n) is 3.38. The minimum absolute atomic E-state index is 0.0472. The minimum atomic E-state index is -0.730. The van der Waals surface area contributed by atoms with Crippen molar-refractivity contribution in [2.24, 2.45) is 10.9 Å². The molecule has 0 amide bonds. The third-order valence-corrected chi connectivity index (χ3v) is 2.24. The van der Waals surface area contributed by atoms with Gasteiger partial charge in [-0.15, -0.1) is 0 Å². The monoisotopic (exact) mass is 244 g/mol. The van der Waals surface area contributed by atoms with Crippen molar-refractivity contribution in [1.29, 1.82) is 0 Å². The van der Waals surface area contributed by atoms with E-state index in [9.17, 15) is 8.78 Å². The van der Waals surface area contributed by atoms with Crippen LogP contribution in [-0.2, 0) is 0 Å². The molecule has 5 nitrogen and oxygen atoms in total. The fourth-order valence-electron chi connectivity index (χ4n) is 1.35. The van der Waals surface area contributed by atoms with E-state index in [4.69, 9.17) is 10.9 Å². The zero-order valence-corrected chi connectivity index (χ0v) is 9.40. The Balaban J connectivity index is 2.79. The van der Waals surface area contributed by atoms with E-state index in [1.165, 1.54) is 0 Å². The van der Waals surface area contributed by atoms with Crippen LogP contribution in [-0.4, -0.2) is 29.1 Å². The highest BCUT2D eigenvalue weighted by Crippen LogP contribution is 2.16. The van der Waals surface area contributed by atoms with E-state index < -0.39 is 11.6 Å². The van der Waals surface area contributed by atoms with Crippen LogP contribution in [0.15, 0.2) is 17.4 Å². The highest BCUT2D eigenvalue weighted by molar-refractivity contribution is 5.80. The summed E-state index contributed by atoms with van der Waals surface area (Å²) in [7, 11) is 0. The van der Waals surface area contributed by atoms with Crippen molar-refractivity contribution in [3.63, 3.8) is 0 Å². The number of pyridine rings is 1. The van der Waals surface area contributed by atoms with Crippen molar-refractivity contribution in [2.45, 2.75) is 13.3 Å². The van der Waals surface area contributed by atoms with Crippen molar-refractivity contribution in [3.8, 4) is 0 Å². The van der Waals surface area contributed by atoms with Crippen LogP contribution in [0.4, 0.5) is 14.6 Å². The molecule has 0 radical (unpaired) electrons. The summed E-state index contributed by atoms with van der Waals surface area (Å²) in [5, 5.41) is 11.2. The molecule has 1 aromatic heterocycles. The van der Waals surface area contributed by atoms with Gasteiger partial charge in [-0.05, 0) is 6.92 Å². The summed E-state index contributed by atoms with van der Waals surface area (Å²) in [6.07, 6.45) is 1.22. The largest absolute Gasteiger partial charge is 0.409 e. The first-order valence-electron chi connectivity index (χ1n) is 5.10. The summed E-state index contributed by atoms with van der Waals surface area (Å²) in [6, 6.07) is 0.772. The first-order valence-corrected chi connectivity index (χ1v) is 5.10. The van der Waals surface area contributed by atoms with Gasteiger partial charge in [0.05, 0.1) is 6.20 Å². The van der Waals surface area contributed by atoms with Crippen LogP contribution in [0.2, 0.25) is 0 Å². The maximum atomic E-state index is 13.4. The van der Waals surface area contributed by atoms with Gasteiger partial charge < -0.3 is 15.8 Å². The third kappa shape index (κ3) is 3.54. The average Bonchev–Trinajstić information content (AvgIpc) is 2.31. The number of hydrogen-bond donors (Lipinski definition) is 2. The third-order valence-electron chi connectivity index (χ3n) is 2.24. The Morgan fingerprint density at radius 1 is 1.59 bits per heavy atom. The lowest BCUT2D eigenvalue weighted by atomic mass is 10.3. The molecule has 0 aromatic carbocycles. The zero-order chi connectivity index (χ0) is 12.8. The number of nitrogens with zero attached hydrogens (tertiary/aromatic N) is 3. The van der Waals surface area contributed by atoms with Crippen molar-refractivity contribution in [1.82, 2.24) is 4.98 Å². The van der Waals surface area contributed by atoms with Gasteiger partial charge >= 0.3 is 0 Å². The number of nitrogens with two attached hydrogens (primary N) is 1. The van der Waals surface area contributed by atoms with Gasteiger partial charge in [-0.2, -0.15) is 0 Å². The van der Waals surface area contributed by atoms with Crippen LogP contribution in [0, 0.1) is 11.6 Å². The average molecular weight is 244 g/mol. The summed E-state index contributed by atoms with van der Waals surface area (Å²) in [5.41, 5.74) is 5.32. The van der Waals surface area contributed by atoms with Crippen LogP contribution in [0.5, 0.6) is 0 Å². The van der Waals surface area contributed by atoms with Crippen LogP contribution in [0.3, 0.4) is 0 Å². The first kappa shape index (κ1) is 13.1. The summed E-state index contributed by atoms with van der Waals surface area (Å²) in [5.74, 6) is -1.35. The summed E-state index contributed by atoms with van der Waals surface area (Å²) >= 11 is 0. The molecule has 0 aliphatic rings. The maximum Gasteiger partial charge on any atom is 0.168 e. The second-order valence-corrected chi connectivity index (χ2v) is 3.38. The Labute approximate surface area is 97.6 Å². The molecule has 94 valence electrons. The summed E-state index contributed by atoms with van der Waals surface area (Å²) in [6.45, 7) is 2.62. The van der Waals surface area contributed by atoms with E-state index >= 15 is 0 Å². The van der Waals surface area contributed by atoms with Crippen molar-refractivity contribution < 1.29 is 14.0 Å². The molecule has 17 heavy (non-hydrogen) atoms. The molecule has 0 atom stereocenters. The molecule has 1 heterocycles. The minimum Gasteiger partial charge on any atom is -0.409 e. The van der Waals surface area contributed by atoms with Gasteiger partial charge in [-0.25, -0.2) is 13.8 Å². The van der Waals surface area contributed by atoms with E-state index in [0.29, 0.717) is 13.1 Å². The quantitative estimate of drug-likeness (QED) is 0.354. The smallest absolute Gasteiger partial charge is 0.168 e. The van der Waals surface area contributed by atoms with Gasteiger partial charge in [0.2, 0.25) is 0 Å². The second kappa shape index (κ2) is 5.97. The van der Waals surface area contributed by atoms with E-state index in [0.717, 1.165) is 12.3 Å². The number of rotatable bonds is 5. The normalized spacial score (nSPS) is 11.6. The van der Waals surface area contributed by atoms with E-state index in [2.05, 4.69) is 10.1 Å². The van der Waals surface area contributed by atoms with Crippen molar-refractivity contribution >= 4 is 11.7 Å². The van der Waals surface area contributed by atoms with Crippen LogP contribution in [0.25, 0.3) is 0 Å². The standard InChI is InChI=1S/C10H14F2N4O/c1-2-16(4-3-9(13)15-17)10-8(12)5-7(11)6-14-10/h5-6,17H,2-4H2,1H3,(H2,13,15). The summed E-state index contributed by atoms with van der Waals surface area (Å²) in [4.78, 5) is 5.26. The molecular weight excluding hydrogens is 230 g/mol. The number of anilines is 1. The van der Waals surface area contributed by atoms with Crippen molar-refractivity contribution in [2.75, 3.05) is 18.0 Å². The molecule has 0 bridgehead atoms. The molecule has 0 aliphatic carbocycles. The zero-order valence-electron chi connectivity index (χ0n) is 9.40. The molecule has 0 saturated carbocycles. The SMILES string of the molecule is CCN(CCC(N)=NO)c1ncc(F)cc1F. The molecular formula is C10H14F2N4O. The molecule has 3 N–H and O–H groups in total. The van der Waals surface area contributed by atoms with E-state index in [1.54, 1.807) is 11.8 Å². The van der Waals surface area contributed by atoms with E-state index in [-0.39, 0.29) is 18.1 Å². The predicted octanol–water partition coefficient (Wildman–Crippen LogP) is 1.32. The van der Waals surface area contributed by atoms with Gasteiger partial charge in [0.1, 0.15) is 11.7 Å². The Morgan fingerprint density at radius 2 is 2.29 bits per heavy atom. The highest BCUT2D eigenvalue weighted by Gasteiger charge is 2.12. The fraction of sp³-hybridized carbons (Fsp3) is 0.400. The lowest BCUT2D eigenvalue weighted by Crippen LogP contribution is -2.29. The van der Waals surface area contributed by atoms with Gasteiger partial charge in [0.15, 0.2) is 11.6 Å². The van der Waals surface area contributed by atoms with Crippen molar-refractivity contribution in [3.05, 3.63) is 23.9 Å². The summed E-state index contributed by atoms with van der Waals surface area (Å²) < 4.78 is 26.1. The van der Waals surface area contributed by atoms with E-state index in [1.807, 2.05) is 0 Å². The lowest BCUT2D eigenvalue weighted by Gasteiger charge is -2.21. The first-order chi connectivity index (χ1) is 8.08. The predicted molar refractivity (Wildman–Crippen MR) is 60.1 cm³/mol. The fourth-order valence-corrected chi connectivity index (χ4v) is 1.35. The molecule has 7 heteroatoms. The maximum absolute atomic E-state index is 13.4. The van der Waals surface area contributed by atoms with Gasteiger partial charge in [0, 0.05) is 25.6 Å². The van der Waals surface area contributed by atoms with Crippen LogP contribution < -0.4 is 10.6 Å². The van der Waals surface area contributed by atoms with Gasteiger partial charge in [0.25, 0.3) is 0 Å². The lowest BCUT2D eigenvalue weighted by molar-refractivity contribution is 0.317. The van der Waals surface area contributed by atoms with Crippen LogP contribution >= 0.6 is 0 Å². The van der Waals surface area contributed by atoms with Gasteiger partial charge in [-0.3, -0.25) is 0 Å². The Kier molecular flexibility index (Phi) is 4.62. The molecule has 0 saturated heterocycles. The molecule has 0 fully saturated rings. The van der Waals surface area contributed by atoms with Gasteiger partial charge in [-0.1, -0.05) is 5.16 Å². The topological polar surface area (TPSA) is 74.7 Å². The van der Waals surface area contributed by atoms with Crippen LogP contribution in [0.1, 0.15) is 13.3 Å². The highest BCUT2D eigenvalue weighted by atomic mass is 19.1. The number of hydrogen-bond acceptors (Lipinski definition) is 4. The number of halogens is 2.